The van der Waals surface area contributed by atoms with Gasteiger partial charge in [-0.05, 0) is 19.1 Å². The molecule has 0 aliphatic rings. The van der Waals surface area contributed by atoms with Gasteiger partial charge in [-0.25, -0.2) is 0 Å². The van der Waals surface area contributed by atoms with E-state index in [0.29, 0.717) is 0 Å². The van der Waals surface area contributed by atoms with E-state index in [2.05, 4.69) is 0 Å². The molecule has 0 aromatic heterocycles. The van der Waals surface area contributed by atoms with Gasteiger partial charge in [0.15, 0.2) is 5.78 Å². The van der Waals surface area contributed by atoms with Gasteiger partial charge >= 0.3 is 0 Å². The molecule has 16 heavy (non-hydrogen) atoms. The fraction of sp³-hybridized carbons (Fsp3) is 0.200. The van der Waals surface area contributed by atoms with Crippen molar-refractivity contribution in [2.45, 2.75) is 13.3 Å². The van der Waals surface area contributed by atoms with Crippen molar-refractivity contribution in [3.8, 4) is 0 Å². The van der Waals surface area contributed by atoms with Crippen LogP contribution >= 0.6 is 11.6 Å². The molecule has 0 unspecified atom stereocenters. The van der Waals surface area contributed by atoms with E-state index in [9.17, 15) is 19.7 Å². The zero-order valence-corrected chi connectivity index (χ0v) is 9.15. The van der Waals surface area contributed by atoms with Crippen LogP contribution in [0.1, 0.15) is 23.7 Å². The summed E-state index contributed by atoms with van der Waals surface area (Å²) in [6.07, 6.45) is -0.265. The van der Waals surface area contributed by atoms with Gasteiger partial charge in [0.2, 0.25) is 0 Å². The molecule has 0 spiro atoms. The number of carbonyl (C=O) groups is 2. The largest absolute Gasteiger partial charge is 0.300 e. The van der Waals surface area contributed by atoms with Crippen LogP contribution in [0, 0.1) is 10.1 Å². The number of Topliss-reactive ketones (excluding diaryl/α,β-unsaturated/α-hetero) is 2. The van der Waals surface area contributed by atoms with Crippen LogP contribution in [0.5, 0.6) is 0 Å². The van der Waals surface area contributed by atoms with E-state index in [1.807, 2.05) is 0 Å². The quantitative estimate of drug-likeness (QED) is 0.351. The van der Waals surface area contributed by atoms with Crippen molar-refractivity contribution in [2.75, 3.05) is 0 Å². The van der Waals surface area contributed by atoms with E-state index < -0.39 is 10.7 Å². The summed E-state index contributed by atoms with van der Waals surface area (Å²) in [4.78, 5) is 32.1. The highest BCUT2D eigenvalue weighted by Gasteiger charge is 2.16. The Morgan fingerprint density at radius 3 is 2.56 bits per heavy atom. The van der Waals surface area contributed by atoms with E-state index in [0.717, 1.165) is 6.07 Å². The molecule has 0 amide bonds. The lowest BCUT2D eigenvalue weighted by Crippen LogP contribution is -2.05. The molecule has 6 heteroatoms. The van der Waals surface area contributed by atoms with Gasteiger partial charge in [-0.1, -0.05) is 11.6 Å². The van der Waals surface area contributed by atoms with E-state index in [4.69, 9.17) is 11.6 Å². The molecule has 0 radical (unpaired) electrons. The Morgan fingerprint density at radius 2 is 2.06 bits per heavy atom. The van der Waals surface area contributed by atoms with Crippen LogP contribution in [0.3, 0.4) is 0 Å². The molecular formula is C10H8ClNO4. The lowest BCUT2D eigenvalue weighted by Gasteiger charge is -2.00. The smallest absolute Gasteiger partial charge is 0.288 e. The predicted molar refractivity (Wildman–Crippen MR) is 57.7 cm³/mol. The molecule has 0 heterocycles. The summed E-state index contributed by atoms with van der Waals surface area (Å²) in [5.74, 6) is -0.741. The summed E-state index contributed by atoms with van der Waals surface area (Å²) in [6.45, 7) is 1.28. The molecule has 0 N–H and O–H groups in total. The summed E-state index contributed by atoms with van der Waals surface area (Å²) >= 11 is 5.58. The first kappa shape index (κ1) is 12.3. The number of nitro benzene ring substituents is 1. The Hall–Kier alpha value is -1.75. The van der Waals surface area contributed by atoms with E-state index in [1.54, 1.807) is 0 Å². The van der Waals surface area contributed by atoms with Gasteiger partial charge in [0, 0.05) is 11.6 Å². The van der Waals surface area contributed by atoms with E-state index in [-0.39, 0.29) is 28.5 Å². The molecule has 0 fully saturated rings. The maximum atomic E-state index is 11.5. The van der Waals surface area contributed by atoms with Crippen LogP contribution in [-0.4, -0.2) is 16.5 Å². The van der Waals surface area contributed by atoms with Gasteiger partial charge < -0.3 is 0 Å². The van der Waals surface area contributed by atoms with Gasteiger partial charge in [0.1, 0.15) is 10.8 Å². The first-order chi connectivity index (χ1) is 7.41. The summed E-state index contributed by atoms with van der Waals surface area (Å²) in [5.41, 5.74) is -0.220. The Balaban J connectivity index is 3.08. The molecule has 0 saturated heterocycles. The molecule has 1 aromatic rings. The Labute approximate surface area is 96.2 Å². The molecular weight excluding hydrogens is 234 g/mol. The molecule has 84 valence electrons. The summed E-state index contributed by atoms with van der Waals surface area (Å²) in [7, 11) is 0. The van der Waals surface area contributed by atoms with Crippen LogP contribution in [0.4, 0.5) is 5.69 Å². The van der Waals surface area contributed by atoms with Gasteiger partial charge in [0.05, 0.1) is 11.3 Å². The second kappa shape index (κ2) is 4.85. The highest BCUT2D eigenvalue weighted by atomic mass is 35.5. The fourth-order valence-electron chi connectivity index (χ4n) is 1.15. The molecule has 0 aliphatic heterocycles. The highest BCUT2D eigenvalue weighted by Crippen LogP contribution is 2.25. The zero-order chi connectivity index (χ0) is 12.3. The van der Waals surface area contributed by atoms with Crippen LogP contribution in [-0.2, 0) is 4.79 Å². The number of rotatable bonds is 4. The minimum Gasteiger partial charge on any atom is -0.300 e. The maximum Gasteiger partial charge on any atom is 0.288 e. The Kier molecular flexibility index (Phi) is 3.73. The van der Waals surface area contributed by atoms with Crippen LogP contribution in [0.25, 0.3) is 0 Å². The molecule has 5 nitrogen and oxygen atoms in total. The van der Waals surface area contributed by atoms with Gasteiger partial charge in [0.25, 0.3) is 5.69 Å². The first-order valence-electron chi connectivity index (χ1n) is 4.38. The third-order valence-electron chi connectivity index (χ3n) is 1.87. The maximum absolute atomic E-state index is 11.5. The first-order valence-corrected chi connectivity index (χ1v) is 4.76. The average molecular weight is 242 g/mol. The van der Waals surface area contributed by atoms with Gasteiger partial charge in [-0.15, -0.1) is 0 Å². The number of nitro groups is 1. The third kappa shape index (κ3) is 2.87. The second-order valence-corrected chi connectivity index (χ2v) is 3.63. The minimum atomic E-state index is -0.674. The normalized spacial score (nSPS) is 9.88. The second-order valence-electron chi connectivity index (χ2n) is 3.23. The standard InChI is InChI=1S/C10H8ClNO4/c1-6(13)4-10(14)7-2-3-8(11)9(5-7)12(15)16/h2-3,5H,4H2,1H3. The van der Waals surface area contributed by atoms with Crippen molar-refractivity contribution in [1.29, 1.82) is 0 Å². The molecule has 0 atom stereocenters. The van der Waals surface area contributed by atoms with Crippen molar-refractivity contribution in [3.05, 3.63) is 38.9 Å². The van der Waals surface area contributed by atoms with Crippen molar-refractivity contribution < 1.29 is 14.5 Å². The SMILES string of the molecule is CC(=O)CC(=O)c1ccc(Cl)c([N+](=O)[O-])c1. The predicted octanol–water partition coefficient (Wildman–Crippen LogP) is 2.41. The summed E-state index contributed by atoms with van der Waals surface area (Å²) in [5, 5.41) is 10.5. The molecule has 1 aromatic carbocycles. The number of carbonyl (C=O) groups excluding carboxylic acids is 2. The van der Waals surface area contributed by atoms with Crippen LogP contribution in [0.15, 0.2) is 18.2 Å². The Morgan fingerprint density at radius 1 is 1.44 bits per heavy atom. The monoisotopic (exact) mass is 241 g/mol. The minimum absolute atomic E-state index is 0.0376. The average Bonchev–Trinajstić information content (AvgIpc) is 2.16. The highest BCUT2D eigenvalue weighted by molar-refractivity contribution is 6.32. The van der Waals surface area contributed by atoms with Gasteiger partial charge in [-0.2, -0.15) is 0 Å². The number of nitrogens with zero attached hydrogens (tertiary/aromatic N) is 1. The molecule has 0 saturated carbocycles. The van der Waals surface area contributed by atoms with Gasteiger partial charge in [-0.3, -0.25) is 19.7 Å². The topological polar surface area (TPSA) is 77.3 Å². The fourth-order valence-corrected chi connectivity index (χ4v) is 1.34. The molecule has 0 bridgehead atoms. The zero-order valence-electron chi connectivity index (χ0n) is 8.40. The van der Waals surface area contributed by atoms with Crippen molar-refractivity contribution >= 4 is 28.9 Å². The number of ketones is 2. The van der Waals surface area contributed by atoms with E-state index >= 15 is 0 Å². The number of hydrogen-bond donors (Lipinski definition) is 0. The third-order valence-corrected chi connectivity index (χ3v) is 2.19. The van der Waals surface area contributed by atoms with E-state index in [1.165, 1.54) is 19.1 Å². The number of halogens is 1. The summed E-state index contributed by atoms with van der Waals surface area (Å²) in [6, 6.07) is 3.71. The Bertz CT molecular complexity index is 470. The lowest BCUT2D eigenvalue weighted by atomic mass is 10.1. The molecule has 0 aliphatic carbocycles. The van der Waals surface area contributed by atoms with Crippen molar-refractivity contribution in [1.82, 2.24) is 0 Å². The number of benzene rings is 1. The lowest BCUT2D eigenvalue weighted by molar-refractivity contribution is -0.384. The van der Waals surface area contributed by atoms with Crippen LogP contribution in [0.2, 0.25) is 5.02 Å². The number of hydrogen-bond acceptors (Lipinski definition) is 4. The summed E-state index contributed by atoms with van der Waals surface area (Å²) < 4.78 is 0. The van der Waals surface area contributed by atoms with Crippen molar-refractivity contribution in [2.24, 2.45) is 0 Å². The van der Waals surface area contributed by atoms with Crippen molar-refractivity contribution in [3.63, 3.8) is 0 Å². The van der Waals surface area contributed by atoms with Crippen LogP contribution < -0.4 is 0 Å². The molecule has 1 rings (SSSR count).